The van der Waals surface area contributed by atoms with Crippen molar-refractivity contribution in [2.75, 3.05) is 6.26 Å². The van der Waals surface area contributed by atoms with E-state index in [1.165, 1.54) is 6.26 Å². The van der Waals surface area contributed by atoms with Gasteiger partial charge in [-0.25, -0.2) is 18.0 Å². The van der Waals surface area contributed by atoms with Crippen LogP contribution in [0, 0.1) is 5.92 Å². The number of rotatable bonds is 7. The number of alkyl carbamates (subject to hydrolysis) is 1. The highest BCUT2D eigenvalue weighted by molar-refractivity contribution is 7.89. The molecule has 0 aliphatic heterocycles. The van der Waals surface area contributed by atoms with Gasteiger partial charge in [0.25, 0.3) is 0 Å². The van der Waals surface area contributed by atoms with E-state index in [4.69, 9.17) is 9.47 Å². The molecule has 7 nitrogen and oxygen atoms in total. The maximum Gasteiger partial charge on any atom is 0.408 e. The number of carbonyl (C=O) groups excluding carboxylic acids is 2. The van der Waals surface area contributed by atoms with Gasteiger partial charge in [0.2, 0.25) is 0 Å². The third kappa shape index (κ3) is 9.42. The van der Waals surface area contributed by atoms with Crippen LogP contribution >= 0.6 is 0 Å². The van der Waals surface area contributed by atoms with Gasteiger partial charge in [0, 0.05) is 6.26 Å². The van der Waals surface area contributed by atoms with Gasteiger partial charge in [-0.1, -0.05) is 38.1 Å². The molecule has 0 spiro atoms. The molecule has 1 atom stereocenters. The molecule has 0 saturated heterocycles. The number of sulfone groups is 1. The predicted octanol–water partition coefficient (Wildman–Crippen LogP) is 2.82. The molecule has 0 heterocycles. The Morgan fingerprint density at radius 3 is 2.04 bits per heavy atom. The van der Waals surface area contributed by atoms with Gasteiger partial charge in [-0.3, -0.25) is 0 Å². The molecular weight excluding hydrogens is 370 g/mol. The van der Waals surface area contributed by atoms with Crippen molar-refractivity contribution >= 4 is 21.9 Å². The van der Waals surface area contributed by atoms with Crippen LogP contribution < -0.4 is 5.32 Å². The standard InChI is InChI=1S/C19H29NO6S/c1-13(2)16(20-18(22)26-19(3,4)5)17(21)25-11-14-7-9-15(10-8-14)12-27(6,23)24/h7-10,13,16H,11-12H2,1-6H3,(H,20,22)/t16-/m0/s1. The Morgan fingerprint density at radius 2 is 1.59 bits per heavy atom. The Bertz CT molecular complexity index is 747. The smallest absolute Gasteiger partial charge is 0.408 e. The molecule has 0 aromatic heterocycles. The van der Waals surface area contributed by atoms with E-state index < -0.39 is 33.5 Å². The normalized spacial score (nSPS) is 13.1. The summed E-state index contributed by atoms with van der Waals surface area (Å²) in [5.41, 5.74) is 0.725. The molecule has 0 fully saturated rings. The summed E-state index contributed by atoms with van der Waals surface area (Å²) in [7, 11) is -3.10. The summed E-state index contributed by atoms with van der Waals surface area (Å²) in [4.78, 5) is 24.3. The lowest BCUT2D eigenvalue weighted by molar-refractivity contribution is -0.148. The number of ether oxygens (including phenoxy) is 2. The van der Waals surface area contributed by atoms with Crippen molar-refractivity contribution in [3.05, 3.63) is 35.4 Å². The van der Waals surface area contributed by atoms with Crippen LogP contribution in [0.5, 0.6) is 0 Å². The van der Waals surface area contributed by atoms with E-state index in [-0.39, 0.29) is 18.3 Å². The average molecular weight is 400 g/mol. The number of benzene rings is 1. The molecule has 0 aliphatic carbocycles. The van der Waals surface area contributed by atoms with Gasteiger partial charge < -0.3 is 14.8 Å². The fourth-order valence-corrected chi connectivity index (χ4v) is 3.01. The quantitative estimate of drug-likeness (QED) is 0.708. The number of nitrogens with one attached hydrogen (secondary N) is 1. The van der Waals surface area contributed by atoms with E-state index in [0.717, 1.165) is 5.56 Å². The number of carbonyl (C=O) groups is 2. The molecule has 0 aliphatic rings. The molecule has 8 heteroatoms. The van der Waals surface area contributed by atoms with Crippen molar-refractivity contribution < 1.29 is 27.5 Å². The molecule has 1 N–H and O–H groups in total. The monoisotopic (exact) mass is 399 g/mol. The van der Waals surface area contributed by atoms with Crippen LogP contribution in [0.3, 0.4) is 0 Å². The Hall–Kier alpha value is -2.09. The van der Waals surface area contributed by atoms with Gasteiger partial charge in [0.05, 0.1) is 5.75 Å². The second-order valence-electron chi connectivity index (χ2n) is 7.86. The summed E-state index contributed by atoms with van der Waals surface area (Å²) >= 11 is 0. The molecule has 152 valence electrons. The number of amides is 1. The van der Waals surface area contributed by atoms with Crippen LogP contribution in [-0.2, 0) is 36.5 Å². The summed E-state index contributed by atoms with van der Waals surface area (Å²) in [5.74, 6) is -0.777. The topological polar surface area (TPSA) is 98.8 Å². The van der Waals surface area contributed by atoms with Gasteiger partial charge in [-0.15, -0.1) is 0 Å². The summed E-state index contributed by atoms with van der Waals surface area (Å²) in [6.45, 7) is 8.83. The van der Waals surface area contributed by atoms with Crippen LogP contribution in [0.15, 0.2) is 24.3 Å². The zero-order chi connectivity index (χ0) is 20.8. The van der Waals surface area contributed by atoms with Crippen LogP contribution in [-0.4, -0.2) is 38.4 Å². The fraction of sp³-hybridized carbons (Fsp3) is 0.579. The lowest BCUT2D eigenvalue weighted by Gasteiger charge is -2.24. The minimum atomic E-state index is -3.10. The largest absolute Gasteiger partial charge is 0.459 e. The minimum absolute atomic E-state index is 0.0250. The van der Waals surface area contributed by atoms with Gasteiger partial charge in [0.1, 0.15) is 18.2 Å². The Morgan fingerprint density at radius 1 is 1.07 bits per heavy atom. The van der Waals surface area contributed by atoms with E-state index in [1.54, 1.807) is 58.9 Å². The van der Waals surface area contributed by atoms with Crippen LogP contribution in [0.1, 0.15) is 45.7 Å². The van der Waals surface area contributed by atoms with Gasteiger partial charge in [0.15, 0.2) is 9.84 Å². The maximum absolute atomic E-state index is 12.3. The van der Waals surface area contributed by atoms with Crippen molar-refractivity contribution in [1.82, 2.24) is 5.32 Å². The molecule has 1 amide bonds. The minimum Gasteiger partial charge on any atom is -0.459 e. The lowest BCUT2D eigenvalue weighted by Crippen LogP contribution is -2.47. The zero-order valence-corrected chi connectivity index (χ0v) is 17.6. The fourth-order valence-electron chi connectivity index (χ4n) is 2.21. The average Bonchev–Trinajstić information content (AvgIpc) is 2.48. The summed E-state index contributed by atoms with van der Waals surface area (Å²) in [6.07, 6.45) is 0.496. The maximum atomic E-state index is 12.3. The highest BCUT2D eigenvalue weighted by Crippen LogP contribution is 2.12. The second kappa shape index (κ2) is 9.21. The molecule has 0 saturated carbocycles. The Labute approximate surface area is 161 Å². The summed E-state index contributed by atoms with van der Waals surface area (Å²) in [6, 6.07) is 5.95. The van der Waals surface area contributed by atoms with Crippen molar-refractivity contribution in [2.45, 2.75) is 58.6 Å². The van der Waals surface area contributed by atoms with E-state index in [0.29, 0.717) is 5.56 Å². The first-order valence-electron chi connectivity index (χ1n) is 8.68. The highest BCUT2D eigenvalue weighted by atomic mass is 32.2. The third-order valence-corrected chi connectivity index (χ3v) is 4.28. The molecule has 0 radical (unpaired) electrons. The zero-order valence-electron chi connectivity index (χ0n) is 16.7. The van der Waals surface area contributed by atoms with E-state index in [2.05, 4.69) is 5.32 Å². The summed E-state index contributed by atoms with van der Waals surface area (Å²) in [5, 5.41) is 2.54. The predicted molar refractivity (Wildman–Crippen MR) is 103 cm³/mol. The Balaban J connectivity index is 2.65. The third-order valence-electron chi connectivity index (χ3n) is 3.43. The molecule has 1 aromatic rings. The highest BCUT2D eigenvalue weighted by Gasteiger charge is 2.28. The first-order chi connectivity index (χ1) is 12.3. The van der Waals surface area contributed by atoms with Gasteiger partial charge in [-0.2, -0.15) is 0 Å². The SMILES string of the molecule is CC(C)[C@H](NC(=O)OC(C)(C)C)C(=O)OCc1ccc(CS(C)(=O)=O)cc1. The number of hydrogen-bond donors (Lipinski definition) is 1. The molecule has 0 bridgehead atoms. The number of hydrogen-bond acceptors (Lipinski definition) is 6. The summed E-state index contributed by atoms with van der Waals surface area (Å²) < 4.78 is 33.1. The number of esters is 1. The Kier molecular flexibility index (Phi) is 7.83. The lowest BCUT2D eigenvalue weighted by atomic mass is 10.1. The van der Waals surface area contributed by atoms with E-state index in [9.17, 15) is 18.0 Å². The van der Waals surface area contributed by atoms with Crippen LogP contribution in [0.2, 0.25) is 0 Å². The van der Waals surface area contributed by atoms with Crippen LogP contribution in [0.25, 0.3) is 0 Å². The molecule has 1 rings (SSSR count). The van der Waals surface area contributed by atoms with Crippen molar-refractivity contribution in [1.29, 1.82) is 0 Å². The van der Waals surface area contributed by atoms with Crippen molar-refractivity contribution in [2.24, 2.45) is 5.92 Å². The van der Waals surface area contributed by atoms with E-state index in [1.807, 2.05) is 0 Å². The van der Waals surface area contributed by atoms with Crippen LogP contribution in [0.4, 0.5) is 4.79 Å². The van der Waals surface area contributed by atoms with Gasteiger partial charge in [-0.05, 0) is 37.8 Å². The first kappa shape index (κ1) is 23.0. The van der Waals surface area contributed by atoms with Gasteiger partial charge >= 0.3 is 12.1 Å². The van der Waals surface area contributed by atoms with Crippen molar-refractivity contribution in [3.8, 4) is 0 Å². The van der Waals surface area contributed by atoms with Crippen molar-refractivity contribution in [3.63, 3.8) is 0 Å². The first-order valence-corrected chi connectivity index (χ1v) is 10.7. The molecule has 1 aromatic carbocycles. The molecule has 0 unspecified atom stereocenters. The second-order valence-corrected chi connectivity index (χ2v) is 10.0. The van der Waals surface area contributed by atoms with E-state index >= 15 is 0 Å². The molecular formula is C19H29NO6S. The molecule has 27 heavy (non-hydrogen) atoms.